The van der Waals surface area contributed by atoms with Gasteiger partial charge in [0.1, 0.15) is 16.5 Å². The quantitative estimate of drug-likeness (QED) is 0.839. The first-order chi connectivity index (χ1) is 8.95. The molecule has 2 aromatic carbocycles. The summed E-state index contributed by atoms with van der Waals surface area (Å²) < 4.78 is 6.71. The summed E-state index contributed by atoms with van der Waals surface area (Å²) >= 11 is 8.41. The molecule has 2 aromatic rings. The molecule has 0 saturated heterocycles. The van der Waals surface area contributed by atoms with Gasteiger partial charge in [0.15, 0.2) is 0 Å². The van der Waals surface area contributed by atoms with E-state index in [9.17, 15) is 0 Å². The van der Waals surface area contributed by atoms with E-state index in [0.29, 0.717) is 4.99 Å². The smallest absolute Gasteiger partial charge is 0.141 e. The van der Waals surface area contributed by atoms with Crippen molar-refractivity contribution < 1.29 is 4.74 Å². The average Bonchev–Trinajstić information content (AvgIpc) is 2.30. The molecule has 0 aliphatic rings. The third-order valence-corrected chi connectivity index (χ3v) is 3.49. The van der Waals surface area contributed by atoms with Gasteiger partial charge >= 0.3 is 0 Å². The zero-order valence-corrected chi connectivity index (χ0v) is 13.1. The Kier molecular flexibility index (Phi) is 4.22. The second kappa shape index (κ2) is 5.72. The summed E-state index contributed by atoms with van der Waals surface area (Å²) in [7, 11) is 0. The van der Waals surface area contributed by atoms with Crippen LogP contribution in [0.15, 0.2) is 40.9 Å². The summed E-state index contributed by atoms with van der Waals surface area (Å²) in [5.41, 5.74) is 8.75. The van der Waals surface area contributed by atoms with Crippen LogP contribution < -0.4 is 10.5 Å². The SMILES string of the molecule is Cc1cc(C)cc(Oc2ccc(C(N)=S)cc2Br)c1. The topological polar surface area (TPSA) is 35.2 Å². The number of halogens is 1. The van der Waals surface area contributed by atoms with E-state index in [1.54, 1.807) is 0 Å². The van der Waals surface area contributed by atoms with Gasteiger partial charge in [-0.15, -0.1) is 0 Å². The fraction of sp³-hybridized carbons (Fsp3) is 0.133. The van der Waals surface area contributed by atoms with Crippen LogP contribution in [0.3, 0.4) is 0 Å². The van der Waals surface area contributed by atoms with E-state index in [0.717, 1.165) is 21.5 Å². The highest BCUT2D eigenvalue weighted by Crippen LogP contribution is 2.31. The van der Waals surface area contributed by atoms with Crippen LogP contribution in [0.2, 0.25) is 0 Å². The Labute approximate surface area is 126 Å². The van der Waals surface area contributed by atoms with Crippen LogP contribution in [0.5, 0.6) is 11.5 Å². The van der Waals surface area contributed by atoms with Crippen LogP contribution in [-0.4, -0.2) is 4.99 Å². The number of nitrogens with two attached hydrogens (primary N) is 1. The van der Waals surface area contributed by atoms with Crippen molar-refractivity contribution >= 4 is 33.1 Å². The Morgan fingerprint density at radius 2 is 1.74 bits per heavy atom. The van der Waals surface area contributed by atoms with E-state index in [1.807, 2.05) is 44.2 Å². The Morgan fingerprint density at radius 1 is 1.11 bits per heavy atom. The summed E-state index contributed by atoms with van der Waals surface area (Å²) in [5.74, 6) is 1.56. The molecule has 98 valence electrons. The van der Waals surface area contributed by atoms with Gasteiger partial charge in [-0.25, -0.2) is 0 Å². The molecule has 2 N–H and O–H groups in total. The fourth-order valence-electron chi connectivity index (χ4n) is 1.86. The van der Waals surface area contributed by atoms with Crippen molar-refractivity contribution in [2.24, 2.45) is 5.73 Å². The predicted molar refractivity (Wildman–Crippen MR) is 86.0 cm³/mol. The van der Waals surface area contributed by atoms with E-state index in [-0.39, 0.29) is 0 Å². The van der Waals surface area contributed by atoms with Gasteiger partial charge in [0.2, 0.25) is 0 Å². The van der Waals surface area contributed by atoms with Crippen molar-refractivity contribution in [3.63, 3.8) is 0 Å². The molecule has 0 fully saturated rings. The Hall–Kier alpha value is -1.39. The van der Waals surface area contributed by atoms with Crippen molar-refractivity contribution in [2.75, 3.05) is 0 Å². The fourth-order valence-corrected chi connectivity index (χ4v) is 2.44. The lowest BCUT2D eigenvalue weighted by atomic mass is 10.1. The van der Waals surface area contributed by atoms with Crippen molar-refractivity contribution in [2.45, 2.75) is 13.8 Å². The number of hydrogen-bond acceptors (Lipinski definition) is 2. The van der Waals surface area contributed by atoms with E-state index in [1.165, 1.54) is 11.1 Å². The minimum atomic E-state index is 0.374. The minimum absolute atomic E-state index is 0.374. The van der Waals surface area contributed by atoms with Gasteiger partial charge in [-0.1, -0.05) is 18.3 Å². The zero-order chi connectivity index (χ0) is 14.0. The number of ether oxygens (including phenoxy) is 1. The van der Waals surface area contributed by atoms with E-state index >= 15 is 0 Å². The van der Waals surface area contributed by atoms with E-state index in [4.69, 9.17) is 22.7 Å². The predicted octanol–water partition coefficient (Wildman–Crippen LogP) is 4.49. The third kappa shape index (κ3) is 3.55. The molecule has 0 saturated carbocycles. The number of thiocarbonyl (C=S) groups is 1. The molecule has 0 unspecified atom stereocenters. The van der Waals surface area contributed by atoms with Crippen molar-refractivity contribution in [3.8, 4) is 11.5 Å². The van der Waals surface area contributed by atoms with Crippen LogP contribution >= 0.6 is 28.1 Å². The lowest BCUT2D eigenvalue weighted by Gasteiger charge is -2.10. The van der Waals surface area contributed by atoms with Gasteiger partial charge in [-0.3, -0.25) is 0 Å². The standard InChI is InChI=1S/C15H14BrNOS/c1-9-5-10(2)7-12(6-9)18-14-4-3-11(15(17)19)8-13(14)16/h3-8H,1-2H3,(H2,17,19). The molecule has 0 aliphatic carbocycles. The van der Waals surface area contributed by atoms with Gasteiger partial charge < -0.3 is 10.5 Å². The Bertz CT molecular complexity index is 620. The molecule has 0 aliphatic heterocycles. The molecular weight excluding hydrogens is 322 g/mol. The van der Waals surface area contributed by atoms with Gasteiger partial charge in [-0.2, -0.15) is 0 Å². The van der Waals surface area contributed by atoms with Gasteiger partial charge in [0.05, 0.1) is 4.47 Å². The van der Waals surface area contributed by atoms with Crippen LogP contribution in [0.4, 0.5) is 0 Å². The van der Waals surface area contributed by atoms with Gasteiger partial charge in [-0.05, 0) is 71.2 Å². The van der Waals surface area contributed by atoms with E-state index < -0.39 is 0 Å². The molecule has 2 nitrogen and oxygen atoms in total. The second-order valence-electron chi connectivity index (χ2n) is 4.43. The van der Waals surface area contributed by atoms with Crippen molar-refractivity contribution in [3.05, 3.63) is 57.6 Å². The maximum atomic E-state index is 5.87. The first-order valence-corrected chi connectivity index (χ1v) is 7.01. The number of rotatable bonds is 3. The van der Waals surface area contributed by atoms with Gasteiger partial charge in [0.25, 0.3) is 0 Å². The first kappa shape index (κ1) is 14.0. The lowest BCUT2D eigenvalue weighted by Crippen LogP contribution is -2.09. The molecule has 0 heterocycles. The zero-order valence-electron chi connectivity index (χ0n) is 10.7. The molecule has 0 spiro atoms. The molecule has 0 bridgehead atoms. The Morgan fingerprint density at radius 3 is 2.26 bits per heavy atom. The molecule has 0 radical (unpaired) electrons. The molecule has 2 rings (SSSR count). The normalized spacial score (nSPS) is 10.3. The Balaban J connectivity index is 2.30. The van der Waals surface area contributed by atoms with Crippen LogP contribution in [-0.2, 0) is 0 Å². The van der Waals surface area contributed by atoms with Crippen LogP contribution in [0, 0.1) is 13.8 Å². The number of aryl methyl sites for hydroxylation is 2. The third-order valence-electron chi connectivity index (χ3n) is 2.64. The molecule has 4 heteroatoms. The minimum Gasteiger partial charge on any atom is -0.456 e. The van der Waals surface area contributed by atoms with Crippen LogP contribution in [0.25, 0.3) is 0 Å². The van der Waals surface area contributed by atoms with Crippen LogP contribution in [0.1, 0.15) is 16.7 Å². The second-order valence-corrected chi connectivity index (χ2v) is 5.73. The highest BCUT2D eigenvalue weighted by Gasteiger charge is 2.06. The highest BCUT2D eigenvalue weighted by molar-refractivity contribution is 9.10. The largest absolute Gasteiger partial charge is 0.456 e. The summed E-state index contributed by atoms with van der Waals surface area (Å²) in [6.45, 7) is 4.09. The van der Waals surface area contributed by atoms with Gasteiger partial charge in [0, 0.05) is 5.56 Å². The summed E-state index contributed by atoms with van der Waals surface area (Å²) in [6, 6.07) is 11.7. The van der Waals surface area contributed by atoms with Crippen molar-refractivity contribution in [1.29, 1.82) is 0 Å². The maximum absolute atomic E-state index is 5.87. The molecular formula is C15H14BrNOS. The highest BCUT2D eigenvalue weighted by atomic mass is 79.9. The molecule has 0 amide bonds. The first-order valence-electron chi connectivity index (χ1n) is 5.81. The maximum Gasteiger partial charge on any atom is 0.141 e. The number of benzene rings is 2. The average molecular weight is 336 g/mol. The molecule has 19 heavy (non-hydrogen) atoms. The molecule has 0 atom stereocenters. The summed E-state index contributed by atoms with van der Waals surface area (Å²) in [5, 5.41) is 0. The summed E-state index contributed by atoms with van der Waals surface area (Å²) in [6.07, 6.45) is 0. The molecule has 0 aromatic heterocycles. The lowest BCUT2D eigenvalue weighted by molar-refractivity contribution is 0.479. The van der Waals surface area contributed by atoms with E-state index in [2.05, 4.69) is 22.0 Å². The monoisotopic (exact) mass is 335 g/mol. The number of hydrogen-bond donors (Lipinski definition) is 1. The summed E-state index contributed by atoms with van der Waals surface area (Å²) in [4.78, 5) is 0.374. The van der Waals surface area contributed by atoms with Crippen molar-refractivity contribution in [1.82, 2.24) is 0 Å².